The van der Waals surface area contributed by atoms with Gasteiger partial charge in [0.25, 0.3) is 17.5 Å². The maximum Gasteiger partial charge on any atom is 0.326 e. The van der Waals surface area contributed by atoms with Crippen LogP contribution in [0.3, 0.4) is 0 Å². The number of aliphatic carboxylic acids is 1. The normalized spacial score (nSPS) is 12.3. The summed E-state index contributed by atoms with van der Waals surface area (Å²) < 4.78 is 5.46. The third-order valence-electron chi connectivity index (χ3n) is 3.92. The zero-order valence-electron chi connectivity index (χ0n) is 15.9. The van der Waals surface area contributed by atoms with Gasteiger partial charge in [-0.25, -0.2) is 4.79 Å². The molecule has 30 heavy (non-hydrogen) atoms. The topological polar surface area (TPSA) is 152 Å². The van der Waals surface area contributed by atoms with E-state index >= 15 is 0 Å². The second kappa shape index (κ2) is 9.83. The molecule has 0 aliphatic rings. The van der Waals surface area contributed by atoms with Crippen LogP contribution >= 0.6 is 15.9 Å². The van der Waals surface area contributed by atoms with E-state index in [4.69, 9.17) is 4.42 Å². The van der Waals surface area contributed by atoms with Crippen molar-refractivity contribution in [2.45, 2.75) is 19.9 Å². The molecule has 1 atom stereocenters. The van der Waals surface area contributed by atoms with Crippen molar-refractivity contribution in [1.82, 2.24) is 10.6 Å². The number of rotatable bonds is 8. The first-order valence-electron chi connectivity index (χ1n) is 8.65. The molecule has 0 spiro atoms. The van der Waals surface area contributed by atoms with Gasteiger partial charge in [0.05, 0.1) is 4.92 Å². The Morgan fingerprint density at radius 2 is 1.80 bits per heavy atom. The van der Waals surface area contributed by atoms with E-state index < -0.39 is 34.7 Å². The van der Waals surface area contributed by atoms with Crippen LogP contribution in [0.4, 0.5) is 5.69 Å². The van der Waals surface area contributed by atoms with Crippen LogP contribution in [0, 0.1) is 16.0 Å². The molecule has 11 heteroatoms. The molecule has 0 aliphatic carbocycles. The third kappa shape index (κ3) is 6.01. The molecule has 0 aliphatic heterocycles. The Kier molecular flexibility index (Phi) is 7.48. The summed E-state index contributed by atoms with van der Waals surface area (Å²) in [6.45, 7) is 3.25. The number of nitro groups is 1. The summed E-state index contributed by atoms with van der Waals surface area (Å²) in [5, 5.41) is 24.8. The second-order valence-corrected chi connectivity index (χ2v) is 7.28. The van der Waals surface area contributed by atoms with Crippen LogP contribution in [0.15, 0.2) is 51.2 Å². The number of furan rings is 1. The van der Waals surface area contributed by atoms with Crippen LogP contribution in [0.25, 0.3) is 6.08 Å². The van der Waals surface area contributed by atoms with Crippen LogP contribution < -0.4 is 10.6 Å². The molecule has 0 saturated carbocycles. The fourth-order valence-corrected chi connectivity index (χ4v) is 2.68. The summed E-state index contributed by atoms with van der Waals surface area (Å²) in [5.74, 6) is -3.30. The van der Waals surface area contributed by atoms with E-state index in [0.717, 1.165) is 0 Å². The number of nitro benzene ring substituents is 1. The van der Waals surface area contributed by atoms with Gasteiger partial charge in [0, 0.05) is 12.1 Å². The van der Waals surface area contributed by atoms with Crippen molar-refractivity contribution in [2.24, 2.45) is 5.92 Å². The number of non-ortho nitro benzene ring substituents is 1. The SMILES string of the molecule is CC(C)C(NC(=O)/C(=C/c1ccc([N+](=O)[O-])cc1)NC(=O)c1ccc(Br)o1)C(=O)O. The fraction of sp³-hybridized carbons (Fsp3) is 0.211. The summed E-state index contributed by atoms with van der Waals surface area (Å²) in [7, 11) is 0. The smallest absolute Gasteiger partial charge is 0.326 e. The van der Waals surface area contributed by atoms with E-state index in [-0.39, 0.29) is 17.1 Å². The van der Waals surface area contributed by atoms with E-state index in [1.807, 2.05) is 0 Å². The molecule has 10 nitrogen and oxygen atoms in total. The van der Waals surface area contributed by atoms with Crippen LogP contribution in [0.5, 0.6) is 0 Å². The number of nitrogens with zero attached hydrogens (tertiary/aromatic N) is 1. The molecular formula is C19H18BrN3O7. The van der Waals surface area contributed by atoms with E-state index in [2.05, 4.69) is 26.6 Å². The van der Waals surface area contributed by atoms with Gasteiger partial charge < -0.3 is 20.2 Å². The van der Waals surface area contributed by atoms with Gasteiger partial charge in [-0.2, -0.15) is 0 Å². The summed E-state index contributed by atoms with van der Waals surface area (Å²) in [4.78, 5) is 46.7. The zero-order valence-corrected chi connectivity index (χ0v) is 17.5. The minimum absolute atomic E-state index is 0.0806. The van der Waals surface area contributed by atoms with Gasteiger partial charge in [-0.15, -0.1) is 0 Å². The maximum atomic E-state index is 12.7. The molecule has 1 heterocycles. The van der Waals surface area contributed by atoms with E-state index in [0.29, 0.717) is 10.2 Å². The van der Waals surface area contributed by atoms with Gasteiger partial charge in [-0.1, -0.05) is 13.8 Å². The number of carboxylic acids is 1. The number of amides is 2. The lowest BCUT2D eigenvalue weighted by Crippen LogP contribution is -2.47. The minimum Gasteiger partial charge on any atom is -0.480 e. The van der Waals surface area contributed by atoms with E-state index in [9.17, 15) is 29.6 Å². The van der Waals surface area contributed by atoms with Crippen LogP contribution in [0.1, 0.15) is 30.0 Å². The van der Waals surface area contributed by atoms with E-state index in [1.54, 1.807) is 13.8 Å². The molecule has 158 valence electrons. The highest BCUT2D eigenvalue weighted by Gasteiger charge is 2.26. The highest BCUT2D eigenvalue weighted by atomic mass is 79.9. The lowest BCUT2D eigenvalue weighted by molar-refractivity contribution is -0.384. The molecule has 2 amide bonds. The third-order valence-corrected chi connectivity index (χ3v) is 4.35. The first kappa shape index (κ1) is 22.8. The molecule has 1 aromatic heterocycles. The number of nitrogens with one attached hydrogen (secondary N) is 2. The fourth-order valence-electron chi connectivity index (χ4n) is 2.37. The number of benzene rings is 1. The van der Waals surface area contributed by atoms with E-state index in [1.165, 1.54) is 42.5 Å². The number of halogens is 1. The quantitative estimate of drug-likeness (QED) is 0.298. The lowest BCUT2D eigenvalue weighted by atomic mass is 10.0. The van der Waals surface area contributed by atoms with Crippen molar-refractivity contribution in [3.8, 4) is 0 Å². The average molecular weight is 480 g/mol. The molecule has 0 saturated heterocycles. The first-order chi connectivity index (χ1) is 14.1. The molecule has 3 N–H and O–H groups in total. The highest BCUT2D eigenvalue weighted by Crippen LogP contribution is 2.16. The summed E-state index contributed by atoms with van der Waals surface area (Å²) in [6.07, 6.45) is 1.27. The average Bonchev–Trinajstić information content (AvgIpc) is 3.11. The van der Waals surface area contributed by atoms with Gasteiger partial charge in [-0.3, -0.25) is 19.7 Å². The molecule has 0 fully saturated rings. The molecule has 2 aromatic rings. The van der Waals surface area contributed by atoms with Crippen molar-refractivity contribution >= 4 is 45.5 Å². The Hall–Kier alpha value is -3.47. The van der Waals surface area contributed by atoms with Gasteiger partial charge in [0.1, 0.15) is 11.7 Å². The van der Waals surface area contributed by atoms with Gasteiger partial charge in [0.15, 0.2) is 10.4 Å². The molecule has 1 unspecified atom stereocenters. The number of carbonyl (C=O) groups is 3. The Bertz CT molecular complexity index is 996. The van der Waals surface area contributed by atoms with Gasteiger partial charge in [-0.05, 0) is 57.8 Å². The number of hydrogen-bond donors (Lipinski definition) is 3. The van der Waals surface area contributed by atoms with Crippen LogP contribution in [0.2, 0.25) is 0 Å². The number of carboxylic acid groups (broad SMARTS) is 1. The molecule has 0 radical (unpaired) electrons. The van der Waals surface area contributed by atoms with Crippen molar-refractivity contribution in [3.63, 3.8) is 0 Å². The monoisotopic (exact) mass is 479 g/mol. The number of carbonyl (C=O) groups excluding carboxylic acids is 2. The molecular weight excluding hydrogens is 462 g/mol. The van der Waals surface area contributed by atoms with Crippen LogP contribution in [-0.2, 0) is 9.59 Å². The Balaban J connectivity index is 2.35. The van der Waals surface area contributed by atoms with Crippen molar-refractivity contribution in [3.05, 3.63) is 68.2 Å². The summed E-state index contributed by atoms with van der Waals surface area (Å²) in [5.41, 5.74) is -0.0234. The predicted octanol–water partition coefficient (Wildman–Crippen LogP) is 2.95. The summed E-state index contributed by atoms with van der Waals surface area (Å²) in [6, 6.07) is 6.94. The standard InChI is InChI=1S/C19H18BrN3O7/c1-10(2)16(19(26)27)22-17(24)13(21-18(25)14-7-8-15(20)30-14)9-11-3-5-12(6-4-11)23(28)29/h3-10,16H,1-2H3,(H,21,25)(H,22,24)(H,26,27)/b13-9-. The highest BCUT2D eigenvalue weighted by molar-refractivity contribution is 9.10. The summed E-state index contributed by atoms with van der Waals surface area (Å²) >= 11 is 3.07. The van der Waals surface area contributed by atoms with Crippen molar-refractivity contribution < 1.29 is 28.8 Å². The Labute approximate surface area is 179 Å². The van der Waals surface area contributed by atoms with Gasteiger partial charge in [0.2, 0.25) is 0 Å². The molecule has 2 rings (SSSR count). The lowest BCUT2D eigenvalue weighted by Gasteiger charge is -2.19. The van der Waals surface area contributed by atoms with Crippen LogP contribution in [-0.4, -0.2) is 33.9 Å². The van der Waals surface area contributed by atoms with Crippen molar-refractivity contribution in [1.29, 1.82) is 0 Å². The minimum atomic E-state index is -1.23. The van der Waals surface area contributed by atoms with Crippen molar-refractivity contribution in [2.75, 3.05) is 0 Å². The largest absolute Gasteiger partial charge is 0.480 e. The zero-order chi connectivity index (χ0) is 22.4. The number of hydrogen-bond acceptors (Lipinski definition) is 6. The maximum absolute atomic E-state index is 12.7. The van der Waals surface area contributed by atoms with Gasteiger partial charge >= 0.3 is 5.97 Å². The Morgan fingerprint density at radius 1 is 1.17 bits per heavy atom. The Morgan fingerprint density at radius 3 is 2.27 bits per heavy atom. The second-order valence-electron chi connectivity index (χ2n) is 6.50. The molecule has 1 aromatic carbocycles. The predicted molar refractivity (Wildman–Crippen MR) is 109 cm³/mol. The molecule has 0 bridgehead atoms. The first-order valence-corrected chi connectivity index (χ1v) is 9.44.